The highest BCUT2D eigenvalue weighted by Crippen LogP contribution is 2.39. The molecule has 1 aliphatic carbocycles. The van der Waals surface area contributed by atoms with E-state index in [9.17, 15) is 9.59 Å². The minimum absolute atomic E-state index is 0.0957. The van der Waals surface area contributed by atoms with Crippen LogP contribution in [0.1, 0.15) is 37.3 Å². The fourth-order valence-electron chi connectivity index (χ4n) is 3.76. The fourth-order valence-corrected chi connectivity index (χ4v) is 3.76. The molecule has 0 radical (unpaired) electrons. The van der Waals surface area contributed by atoms with Crippen LogP contribution in [0, 0.1) is 5.92 Å². The van der Waals surface area contributed by atoms with Gasteiger partial charge in [0.2, 0.25) is 5.91 Å². The Morgan fingerprint density at radius 2 is 2.10 bits per heavy atom. The third kappa shape index (κ3) is 2.33. The quantitative estimate of drug-likeness (QED) is 0.907. The van der Waals surface area contributed by atoms with Crippen molar-refractivity contribution in [1.29, 1.82) is 0 Å². The molecule has 0 saturated carbocycles. The van der Waals surface area contributed by atoms with Crippen LogP contribution < -0.4 is 0 Å². The Bertz CT molecular complexity index is 583. The number of carboxylic acids is 1. The Hall–Kier alpha value is -1.84. The smallest absolute Gasteiger partial charge is 0.308 e. The van der Waals surface area contributed by atoms with Crippen molar-refractivity contribution >= 4 is 11.9 Å². The highest BCUT2D eigenvalue weighted by atomic mass is 16.4. The summed E-state index contributed by atoms with van der Waals surface area (Å²) in [5.41, 5.74) is 1.89. The van der Waals surface area contributed by atoms with Crippen molar-refractivity contribution in [3.05, 3.63) is 35.4 Å². The maximum absolute atomic E-state index is 13.0. The van der Waals surface area contributed by atoms with E-state index in [1.165, 1.54) is 5.56 Å². The number of amides is 1. The van der Waals surface area contributed by atoms with Crippen molar-refractivity contribution in [2.24, 2.45) is 5.92 Å². The van der Waals surface area contributed by atoms with Gasteiger partial charge in [-0.05, 0) is 43.7 Å². The van der Waals surface area contributed by atoms with Gasteiger partial charge in [-0.3, -0.25) is 9.59 Å². The van der Waals surface area contributed by atoms with Crippen molar-refractivity contribution in [2.45, 2.75) is 38.0 Å². The molecule has 1 fully saturated rings. The van der Waals surface area contributed by atoms with Crippen LogP contribution in [0.4, 0.5) is 0 Å². The molecule has 2 atom stereocenters. The molecule has 4 nitrogen and oxygen atoms in total. The number of fused-ring (bicyclic) bond motifs is 1. The van der Waals surface area contributed by atoms with E-state index in [2.05, 4.69) is 12.1 Å². The number of hydrogen-bond acceptors (Lipinski definition) is 2. The second kappa shape index (κ2) is 5.17. The van der Waals surface area contributed by atoms with Gasteiger partial charge in [0.25, 0.3) is 0 Å². The molecule has 1 N–H and O–H groups in total. The van der Waals surface area contributed by atoms with Gasteiger partial charge in [0.05, 0.1) is 11.3 Å². The van der Waals surface area contributed by atoms with E-state index in [1.807, 2.05) is 19.1 Å². The molecule has 1 aliphatic heterocycles. The molecule has 1 aromatic rings. The van der Waals surface area contributed by atoms with Gasteiger partial charge in [-0.2, -0.15) is 0 Å². The SMILES string of the molecule is CC1(C(=O)N2CCC(C(=O)O)C2)CCCc2ccccc21. The Kier molecular flexibility index (Phi) is 3.47. The normalized spacial score (nSPS) is 28.2. The van der Waals surface area contributed by atoms with Gasteiger partial charge in [0, 0.05) is 13.1 Å². The van der Waals surface area contributed by atoms with Crippen LogP contribution in [0.2, 0.25) is 0 Å². The first-order chi connectivity index (χ1) is 10.0. The summed E-state index contributed by atoms with van der Waals surface area (Å²) in [5.74, 6) is -1.10. The van der Waals surface area contributed by atoms with Crippen molar-refractivity contribution < 1.29 is 14.7 Å². The predicted octanol–water partition coefficient (Wildman–Crippen LogP) is 2.21. The van der Waals surface area contributed by atoms with Gasteiger partial charge in [0.1, 0.15) is 0 Å². The van der Waals surface area contributed by atoms with E-state index in [1.54, 1.807) is 4.90 Å². The van der Waals surface area contributed by atoms with Crippen LogP contribution in [0.5, 0.6) is 0 Å². The fraction of sp³-hybridized carbons (Fsp3) is 0.529. The molecule has 1 heterocycles. The number of aliphatic carboxylic acids is 1. The number of carbonyl (C=O) groups excluding carboxylic acids is 1. The first-order valence-electron chi connectivity index (χ1n) is 7.63. The Balaban J connectivity index is 1.87. The molecule has 112 valence electrons. The standard InChI is InChI=1S/C17H21NO3/c1-17(9-4-6-12-5-2-3-7-14(12)17)16(21)18-10-8-13(11-18)15(19)20/h2-3,5,7,13H,4,6,8-11H2,1H3,(H,19,20). The zero-order valence-electron chi connectivity index (χ0n) is 12.3. The lowest BCUT2D eigenvalue weighted by Crippen LogP contribution is -2.46. The molecule has 2 unspecified atom stereocenters. The number of nitrogens with zero attached hydrogens (tertiary/aromatic N) is 1. The molecule has 1 amide bonds. The molecule has 1 saturated heterocycles. The molecule has 21 heavy (non-hydrogen) atoms. The van der Waals surface area contributed by atoms with Gasteiger partial charge in [-0.1, -0.05) is 24.3 Å². The number of rotatable bonds is 2. The lowest BCUT2D eigenvalue weighted by Gasteiger charge is -2.37. The lowest BCUT2D eigenvalue weighted by molar-refractivity contribution is -0.142. The molecule has 1 aromatic carbocycles. The maximum atomic E-state index is 13.0. The van der Waals surface area contributed by atoms with E-state index in [0.717, 1.165) is 24.8 Å². The highest BCUT2D eigenvalue weighted by molar-refractivity contribution is 5.89. The summed E-state index contributed by atoms with van der Waals surface area (Å²) in [4.78, 5) is 25.8. The summed E-state index contributed by atoms with van der Waals surface area (Å²) in [5, 5.41) is 9.11. The topological polar surface area (TPSA) is 57.6 Å². The maximum Gasteiger partial charge on any atom is 0.308 e. The molecular weight excluding hydrogens is 266 g/mol. The van der Waals surface area contributed by atoms with Crippen LogP contribution in [-0.4, -0.2) is 35.0 Å². The van der Waals surface area contributed by atoms with Crippen molar-refractivity contribution in [3.8, 4) is 0 Å². The second-order valence-corrected chi connectivity index (χ2v) is 6.42. The monoisotopic (exact) mass is 287 g/mol. The Morgan fingerprint density at radius 1 is 1.33 bits per heavy atom. The van der Waals surface area contributed by atoms with E-state index < -0.39 is 17.3 Å². The Labute approximate surface area is 124 Å². The van der Waals surface area contributed by atoms with Crippen LogP contribution >= 0.6 is 0 Å². The summed E-state index contributed by atoms with van der Waals surface area (Å²) in [6.45, 7) is 2.93. The first kappa shape index (κ1) is 14.1. The summed E-state index contributed by atoms with van der Waals surface area (Å²) >= 11 is 0. The largest absolute Gasteiger partial charge is 0.481 e. The van der Waals surface area contributed by atoms with Crippen LogP contribution in [0.25, 0.3) is 0 Å². The third-order valence-electron chi connectivity index (χ3n) is 5.03. The summed E-state index contributed by atoms with van der Waals surface area (Å²) in [6.07, 6.45) is 3.45. The minimum atomic E-state index is -0.792. The number of aryl methyl sites for hydroxylation is 1. The molecule has 0 spiro atoms. The average molecular weight is 287 g/mol. The van der Waals surface area contributed by atoms with Crippen molar-refractivity contribution in [3.63, 3.8) is 0 Å². The third-order valence-corrected chi connectivity index (χ3v) is 5.03. The number of carbonyl (C=O) groups is 2. The van der Waals surface area contributed by atoms with Gasteiger partial charge in [-0.25, -0.2) is 0 Å². The molecule has 0 aromatic heterocycles. The van der Waals surface area contributed by atoms with Gasteiger partial charge >= 0.3 is 5.97 Å². The van der Waals surface area contributed by atoms with E-state index in [4.69, 9.17) is 5.11 Å². The minimum Gasteiger partial charge on any atom is -0.481 e. The molecule has 2 aliphatic rings. The van der Waals surface area contributed by atoms with Gasteiger partial charge in [0.15, 0.2) is 0 Å². The average Bonchev–Trinajstić information content (AvgIpc) is 2.97. The number of hydrogen-bond donors (Lipinski definition) is 1. The van der Waals surface area contributed by atoms with Gasteiger partial charge < -0.3 is 10.0 Å². The van der Waals surface area contributed by atoms with E-state index in [0.29, 0.717) is 19.5 Å². The van der Waals surface area contributed by atoms with Gasteiger partial charge in [-0.15, -0.1) is 0 Å². The number of likely N-dealkylation sites (tertiary alicyclic amines) is 1. The number of benzene rings is 1. The summed E-state index contributed by atoms with van der Waals surface area (Å²) in [7, 11) is 0. The molecule has 0 bridgehead atoms. The zero-order valence-corrected chi connectivity index (χ0v) is 12.3. The van der Waals surface area contributed by atoms with Crippen LogP contribution in [-0.2, 0) is 21.4 Å². The Morgan fingerprint density at radius 3 is 2.81 bits per heavy atom. The van der Waals surface area contributed by atoms with E-state index >= 15 is 0 Å². The molecule has 3 rings (SSSR count). The van der Waals surface area contributed by atoms with Crippen molar-refractivity contribution in [1.82, 2.24) is 4.90 Å². The zero-order chi connectivity index (χ0) is 15.0. The van der Waals surface area contributed by atoms with E-state index in [-0.39, 0.29) is 5.91 Å². The molecular formula is C17H21NO3. The summed E-state index contributed by atoms with van der Waals surface area (Å²) in [6, 6.07) is 8.16. The van der Waals surface area contributed by atoms with Crippen molar-refractivity contribution in [2.75, 3.05) is 13.1 Å². The first-order valence-corrected chi connectivity index (χ1v) is 7.63. The highest BCUT2D eigenvalue weighted by Gasteiger charge is 2.43. The van der Waals surface area contributed by atoms with Crippen LogP contribution in [0.15, 0.2) is 24.3 Å². The second-order valence-electron chi connectivity index (χ2n) is 6.42. The molecule has 4 heteroatoms. The number of carboxylic acid groups (broad SMARTS) is 1. The predicted molar refractivity (Wildman–Crippen MR) is 79.1 cm³/mol. The lowest BCUT2D eigenvalue weighted by atomic mass is 9.70. The van der Waals surface area contributed by atoms with Crippen LogP contribution in [0.3, 0.4) is 0 Å². The summed E-state index contributed by atoms with van der Waals surface area (Å²) < 4.78 is 0.